The van der Waals surface area contributed by atoms with E-state index in [-0.39, 0.29) is 0 Å². The molecule has 1 saturated heterocycles. The van der Waals surface area contributed by atoms with Crippen LogP contribution in [0.5, 0.6) is 0 Å². The lowest BCUT2D eigenvalue weighted by atomic mass is 9.86. The molecule has 0 aromatic rings. The Bertz CT molecular complexity index is 233. The van der Waals surface area contributed by atoms with Gasteiger partial charge < -0.3 is 10.8 Å². The quantitative estimate of drug-likeness (QED) is 0.728. The molecule has 1 fully saturated rings. The van der Waals surface area contributed by atoms with Crippen molar-refractivity contribution in [3.8, 4) is 0 Å². The molecule has 0 saturated carbocycles. The van der Waals surface area contributed by atoms with Crippen molar-refractivity contribution < 1.29 is 9.90 Å². The van der Waals surface area contributed by atoms with Crippen molar-refractivity contribution in [3.63, 3.8) is 0 Å². The van der Waals surface area contributed by atoms with E-state index in [2.05, 4.69) is 25.7 Å². The van der Waals surface area contributed by atoms with Crippen LogP contribution < -0.4 is 5.73 Å². The smallest absolute Gasteiger partial charge is 0.321 e. The second-order valence-electron chi connectivity index (χ2n) is 4.96. The first kappa shape index (κ1) is 12.5. The number of likely N-dealkylation sites (tertiary alicyclic amines) is 1. The highest BCUT2D eigenvalue weighted by Gasteiger charge is 2.30. The Hall–Kier alpha value is -0.610. The van der Waals surface area contributed by atoms with Crippen molar-refractivity contribution >= 4 is 5.97 Å². The van der Waals surface area contributed by atoms with Crippen LogP contribution in [0.3, 0.4) is 0 Å². The van der Waals surface area contributed by atoms with Crippen LogP contribution in [0, 0.1) is 11.8 Å². The van der Waals surface area contributed by atoms with Gasteiger partial charge in [-0.2, -0.15) is 0 Å². The van der Waals surface area contributed by atoms with E-state index >= 15 is 0 Å². The fourth-order valence-electron chi connectivity index (χ4n) is 2.40. The van der Waals surface area contributed by atoms with Crippen LogP contribution in [0.4, 0.5) is 0 Å². The third-order valence-corrected chi connectivity index (χ3v) is 3.47. The average molecular weight is 214 g/mol. The molecule has 4 nitrogen and oxygen atoms in total. The van der Waals surface area contributed by atoms with Crippen LogP contribution >= 0.6 is 0 Å². The summed E-state index contributed by atoms with van der Waals surface area (Å²) >= 11 is 0. The van der Waals surface area contributed by atoms with Gasteiger partial charge in [-0.3, -0.25) is 9.69 Å². The number of carboxylic acid groups (broad SMARTS) is 1. The van der Waals surface area contributed by atoms with Gasteiger partial charge in [-0.15, -0.1) is 0 Å². The van der Waals surface area contributed by atoms with E-state index in [1.807, 2.05) is 0 Å². The zero-order valence-corrected chi connectivity index (χ0v) is 9.81. The lowest BCUT2D eigenvalue weighted by Crippen LogP contribution is -2.52. The van der Waals surface area contributed by atoms with Crippen molar-refractivity contribution in [2.24, 2.45) is 17.6 Å². The molecule has 3 N–H and O–H groups in total. The molecule has 88 valence electrons. The summed E-state index contributed by atoms with van der Waals surface area (Å²) in [5, 5.41) is 8.78. The zero-order valence-electron chi connectivity index (χ0n) is 9.81. The van der Waals surface area contributed by atoms with Crippen LogP contribution in [-0.4, -0.2) is 41.1 Å². The van der Waals surface area contributed by atoms with E-state index in [9.17, 15) is 4.79 Å². The van der Waals surface area contributed by atoms with Crippen LogP contribution in [0.1, 0.15) is 27.2 Å². The number of nitrogens with zero attached hydrogens (tertiary/aromatic N) is 1. The number of carbonyl (C=O) groups is 1. The molecule has 0 aromatic carbocycles. The number of hydrogen-bond acceptors (Lipinski definition) is 3. The minimum Gasteiger partial charge on any atom is -0.480 e. The van der Waals surface area contributed by atoms with Gasteiger partial charge in [0, 0.05) is 19.1 Å². The minimum atomic E-state index is -0.909. The van der Waals surface area contributed by atoms with Gasteiger partial charge in [-0.1, -0.05) is 13.8 Å². The second-order valence-corrected chi connectivity index (χ2v) is 4.96. The maximum atomic E-state index is 10.7. The van der Waals surface area contributed by atoms with Gasteiger partial charge in [0.05, 0.1) is 0 Å². The molecular formula is C11H22N2O2. The SMILES string of the molecule is CC1CC(C)C(C)N(CC(N)C(=O)O)C1. The summed E-state index contributed by atoms with van der Waals surface area (Å²) < 4.78 is 0. The van der Waals surface area contributed by atoms with E-state index in [0.29, 0.717) is 24.4 Å². The molecule has 1 aliphatic heterocycles. The fraction of sp³-hybridized carbons (Fsp3) is 0.909. The van der Waals surface area contributed by atoms with E-state index in [0.717, 1.165) is 6.54 Å². The molecular weight excluding hydrogens is 192 g/mol. The Morgan fingerprint density at radius 3 is 2.67 bits per heavy atom. The molecule has 0 amide bonds. The highest BCUT2D eigenvalue weighted by Crippen LogP contribution is 2.26. The lowest BCUT2D eigenvalue weighted by molar-refractivity contribution is -0.139. The topological polar surface area (TPSA) is 66.6 Å². The fourth-order valence-corrected chi connectivity index (χ4v) is 2.40. The van der Waals surface area contributed by atoms with E-state index in [1.165, 1.54) is 6.42 Å². The Balaban J connectivity index is 2.55. The standard InChI is InChI=1S/C11H22N2O2/c1-7-4-8(2)9(3)13(5-7)6-10(12)11(14)15/h7-10H,4-6,12H2,1-3H3,(H,14,15). The molecule has 1 rings (SSSR count). The lowest BCUT2D eigenvalue weighted by Gasteiger charge is -2.41. The summed E-state index contributed by atoms with van der Waals surface area (Å²) in [6.07, 6.45) is 1.22. The van der Waals surface area contributed by atoms with Gasteiger partial charge in [0.2, 0.25) is 0 Å². The summed E-state index contributed by atoms with van der Waals surface area (Å²) in [6.45, 7) is 8.02. The van der Waals surface area contributed by atoms with Crippen LogP contribution in [-0.2, 0) is 4.79 Å². The molecule has 0 radical (unpaired) electrons. The van der Waals surface area contributed by atoms with Crippen molar-refractivity contribution in [3.05, 3.63) is 0 Å². The normalized spacial score (nSPS) is 35.1. The monoisotopic (exact) mass is 214 g/mol. The average Bonchev–Trinajstić information content (AvgIpc) is 2.13. The molecule has 1 aliphatic rings. The summed E-state index contributed by atoms with van der Waals surface area (Å²) in [5.41, 5.74) is 5.56. The maximum Gasteiger partial charge on any atom is 0.321 e. The summed E-state index contributed by atoms with van der Waals surface area (Å²) in [4.78, 5) is 12.9. The first-order valence-electron chi connectivity index (χ1n) is 5.64. The highest BCUT2D eigenvalue weighted by molar-refractivity contribution is 5.73. The van der Waals surface area contributed by atoms with Gasteiger partial charge in [0.25, 0.3) is 0 Å². The minimum absolute atomic E-state index is 0.437. The number of aliphatic carboxylic acids is 1. The van der Waals surface area contributed by atoms with E-state index in [1.54, 1.807) is 0 Å². The molecule has 0 spiro atoms. The molecule has 15 heavy (non-hydrogen) atoms. The Kier molecular flexibility index (Phi) is 4.11. The van der Waals surface area contributed by atoms with Gasteiger partial charge >= 0.3 is 5.97 Å². The first-order valence-corrected chi connectivity index (χ1v) is 5.64. The van der Waals surface area contributed by atoms with Gasteiger partial charge in [0.15, 0.2) is 0 Å². The van der Waals surface area contributed by atoms with Gasteiger partial charge in [0.1, 0.15) is 6.04 Å². The molecule has 1 heterocycles. The van der Waals surface area contributed by atoms with Gasteiger partial charge in [-0.05, 0) is 25.2 Å². The number of hydrogen-bond donors (Lipinski definition) is 2. The molecule has 4 unspecified atom stereocenters. The van der Waals surface area contributed by atoms with Crippen molar-refractivity contribution in [2.75, 3.05) is 13.1 Å². The highest BCUT2D eigenvalue weighted by atomic mass is 16.4. The second kappa shape index (κ2) is 4.94. The maximum absolute atomic E-state index is 10.7. The predicted octanol–water partition coefficient (Wildman–Crippen LogP) is 0.765. The molecule has 4 atom stereocenters. The molecule has 0 aromatic heterocycles. The van der Waals surface area contributed by atoms with E-state index < -0.39 is 12.0 Å². The van der Waals surface area contributed by atoms with Crippen LogP contribution in [0.2, 0.25) is 0 Å². The zero-order chi connectivity index (χ0) is 11.6. The van der Waals surface area contributed by atoms with Crippen molar-refractivity contribution in [1.82, 2.24) is 4.90 Å². The third-order valence-electron chi connectivity index (χ3n) is 3.47. The van der Waals surface area contributed by atoms with Gasteiger partial charge in [-0.25, -0.2) is 0 Å². The van der Waals surface area contributed by atoms with Crippen LogP contribution in [0.15, 0.2) is 0 Å². The summed E-state index contributed by atoms with van der Waals surface area (Å²) in [6, 6.07) is -0.323. The molecule has 0 aliphatic carbocycles. The number of rotatable bonds is 3. The van der Waals surface area contributed by atoms with Crippen molar-refractivity contribution in [1.29, 1.82) is 0 Å². The summed E-state index contributed by atoms with van der Waals surface area (Å²) in [7, 11) is 0. The first-order chi connectivity index (χ1) is 6.91. The number of piperidine rings is 1. The molecule has 0 bridgehead atoms. The number of carboxylic acids is 1. The summed E-state index contributed by atoms with van der Waals surface area (Å²) in [5.74, 6) is 0.347. The predicted molar refractivity (Wildman–Crippen MR) is 59.6 cm³/mol. The molecule has 4 heteroatoms. The largest absolute Gasteiger partial charge is 0.480 e. The van der Waals surface area contributed by atoms with E-state index in [4.69, 9.17) is 10.8 Å². The van der Waals surface area contributed by atoms with Crippen molar-refractivity contribution in [2.45, 2.75) is 39.3 Å². The number of nitrogens with two attached hydrogens (primary N) is 1. The Morgan fingerprint density at radius 2 is 2.13 bits per heavy atom. The Morgan fingerprint density at radius 1 is 1.53 bits per heavy atom. The Labute approximate surface area is 91.4 Å². The third kappa shape index (κ3) is 3.18. The van der Waals surface area contributed by atoms with Crippen LogP contribution in [0.25, 0.3) is 0 Å².